The zero-order valence-corrected chi connectivity index (χ0v) is 10.3. The number of benzene rings is 1. The Kier molecular flexibility index (Phi) is 3.61. The lowest BCUT2D eigenvalue weighted by atomic mass is 10.1. The van der Waals surface area contributed by atoms with Crippen molar-refractivity contribution in [1.82, 2.24) is 0 Å². The van der Waals surface area contributed by atoms with Crippen molar-refractivity contribution in [2.24, 2.45) is 0 Å². The van der Waals surface area contributed by atoms with E-state index >= 15 is 0 Å². The minimum atomic E-state index is -0.932. The van der Waals surface area contributed by atoms with Gasteiger partial charge in [0.05, 0.1) is 5.57 Å². The van der Waals surface area contributed by atoms with Crippen LogP contribution in [-0.2, 0) is 4.79 Å². The molecule has 4 heteroatoms. The Bertz CT molecular complexity index is 541. The van der Waals surface area contributed by atoms with Crippen LogP contribution >= 0.6 is 22.9 Å². The third-order valence-electron chi connectivity index (χ3n) is 2.24. The largest absolute Gasteiger partial charge is 0.478 e. The van der Waals surface area contributed by atoms with Gasteiger partial charge in [-0.1, -0.05) is 23.7 Å². The normalized spacial score (nSPS) is 11.5. The van der Waals surface area contributed by atoms with Gasteiger partial charge in [-0.3, -0.25) is 0 Å². The molecule has 2 aromatic rings. The van der Waals surface area contributed by atoms with Crippen molar-refractivity contribution in [3.63, 3.8) is 0 Å². The monoisotopic (exact) mass is 264 g/mol. The number of halogens is 1. The maximum Gasteiger partial charge on any atom is 0.336 e. The molecular formula is C13H9ClO2S. The van der Waals surface area contributed by atoms with Crippen molar-refractivity contribution in [2.75, 3.05) is 0 Å². The molecule has 86 valence electrons. The molecule has 0 saturated heterocycles. The van der Waals surface area contributed by atoms with Crippen molar-refractivity contribution in [3.05, 3.63) is 57.2 Å². The Hall–Kier alpha value is -1.58. The fourth-order valence-electron chi connectivity index (χ4n) is 1.41. The summed E-state index contributed by atoms with van der Waals surface area (Å²) in [5.41, 5.74) is 1.82. The van der Waals surface area contributed by atoms with Gasteiger partial charge < -0.3 is 5.11 Å². The van der Waals surface area contributed by atoms with Crippen LogP contribution in [-0.4, -0.2) is 11.1 Å². The molecule has 1 heterocycles. The number of carboxylic acids is 1. The molecule has 0 unspecified atom stereocenters. The summed E-state index contributed by atoms with van der Waals surface area (Å²) in [6.45, 7) is 0. The predicted molar refractivity (Wildman–Crippen MR) is 71.3 cm³/mol. The summed E-state index contributed by atoms with van der Waals surface area (Å²) in [7, 11) is 0. The van der Waals surface area contributed by atoms with Crippen molar-refractivity contribution in [2.45, 2.75) is 0 Å². The van der Waals surface area contributed by atoms with Gasteiger partial charge in [-0.25, -0.2) is 4.79 Å². The van der Waals surface area contributed by atoms with Crippen LogP contribution in [0.2, 0.25) is 5.02 Å². The van der Waals surface area contributed by atoms with Gasteiger partial charge in [0, 0.05) is 5.02 Å². The molecule has 0 aliphatic rings. The number of rotatable bonds is 3. The van der Waals surface area contributed by atoms with Gasteiger partial charge in [0.2, 0.25) is 0 Å². The van der Waals surface area contributed by atoms with Gasteiger partial charge in [0.1, 0.15) is 0 Å². The fraction of sp³-hybridized carbons (Fsp3) is 0. The third-order valence-corrected chi connectivity index (χ3v) is 3.18. The minimum absolute atomic E-state index is 0.286. The molecule has 17 heavy (non-hydrogen) atoms. The van der Waals surface area contributed by atoms with Gasteiger partial charge >= 0.3 is 5.97 Å². The zero-order chi connectivity index (χ0) is 12.3. The van der Waals surface area contributed by atoms with Crippen LogP contribution in [0, 0.1) is 0 Å². The Morgan fingerprint density at radius 1 is 1.24 bits per heavy atom. The molecule has 1 N–H and O–H groups in total. The lowest BCUT2D eigenvalue weighted by Gasteiger charge is -2.00. The van der Waals surface area contributed by atoms with Crippen molar-refractivity contribution >= 4 is 40.6 Å². The maximum atomic E-state index is 11.2. The quantitative estimate of drug-likeness (QED) is 0.850. The van der Waals surface area contributed by atoms with Crippen molar-refractivity contribution < 1.29 is 9.90 Å². The highest BCUT2D eigenvalue weighted by Crippen LogP contribution is 2.21. The summed E-state index contributed by atoms with van der Waals surface area (Å²) in [5, 5.41) is 13.5. The molecule has 1 aromatic heterocycles. The van der Waals surface area contributed by atoms with E-state index < -0.39 is 5.97 Å². The summed E-state index contributed by atoms with van der Waals surface area (Å²) in [6.07, 6.45) is 1.64. The molecule has 0 saturated carbocycles. The first kappa shape index (κ1) is 11.9. The Morgan fingerprint density at radius 3 is 2.47 bits per heavy atom. The van der Waals surface area contributed by atoms with E-state index in [0.717, 1.165) is 11.1 Å². The first-order valence-electron chi connectivity index (χ1n) is 4.90. The lowest BCUT2D eigenvalue weighted by Crippen LogP contribution is -1.98. The molecule has 0 spiro atoms. The maximum absolute atomic E-state index is 11.2. The van der Waals surface area contributed by atoms with Crippen LogP contribution in [0.15, 0.2) is 41.1 Å². The first-order valence-corrected chi connectivity index (χ1v) is 6.22. The first-order chi connectivity index (χ1) is 8.16. The molecule has 0 aliphatic heterocycles. The van der Waals surface area contributed by atoms with E-state index in [1.165, 1.54) is 11.3 Å². The average Bonchev–Trinajstić information content (AvgIpc) is 2.81. The standard InChI is InChI=1S/C13H9ClO2S/c14-11-3-1-9(2-4-11)7-12(13(15)16)10-5-6-17-8-10/h1-8H,(H,15,16). The molecule has 0 atom stereocenters. The van der Waals surface area contributed by atoms with E-state index in [1.807, 2.05) is 10.8 Å². The minimum Gasteiger partial charge on any atom is -0.478 e. The van der Waals surface area contributed by atoms with Gasteiger partial charge in [-0.15, -0.1) is 0 Å². The zero-order valence-electron chi connectivity index (χ0n) is 8.76. The van der Waals surface area contributed by atoms with Crippen LogP contribution in [0.25, 0.3) is 11.6 Å². The highest BCUT2D eigenvalue weighted by molar-refractivity contribution is 7.08. The van der Waals surface area contributed by atoms with E-state index in [9.17, 15) is 9.90 Å². The van der Waals surface area contributed by atoms with Gasteiger partial charge in [-0.05, 0) is 46.2 Å². The lowest BCUT2D eigenvalue weighted by molar-refractivity contribution is -0.130. The smallest absolute Gasteiger partial charge is 0.336 e. The molecule has 2 nitrogen and oxygen atoms in total. The third kappa shape index (κ3) is 2.96. The summed E-state index contributed by atoms with van der Waals surface area (Å²) in [6, 6.07) is 8.84. The van der Waals surface area contributed by atoms with Crippen molar-refractivity contribution in [3.8, 4) is 0 Å². The number of aliphatic carboxylic acids is 1. The molecule has 1 aromatic carbocycles. The van der Waals surface area contributed by atoms with E-state index in [-0.39, 0.29) is 5.57 Å². The van der Waals surface area contributed by atoms with Gasteiger partial charge in [0.25, 0.3) is 0 Å². The number of carboxylic acid groups (broad SMARTS) is 1. The molecule has 0 fully saturated rings. The van der Waals surface area contributed by atoms with Gasteiger partial charge in [0.15, 0.2) is 0 Å². The number of hydrogen-bond donors (Lipinski definition) is 1. The van der Waals surface area contributed by atoms with E-state index in [0.29, 0.717) is 5.02 Å². The van der Waals surface area contributed by atoms with E-state index in [1.54, 1.807) is 36.4 Å². The molecular weight excluding hydrogens is 256 g/mol. The molecule has 0 bridgehead atoms. The Balaban J connectivity index is 2.40. The molecule has 0 aliphatic carbocycles. The van der Waals surface area contributed by atoms with Crippen LogP contribution < -0.4 is 0 Å². The Morgan fingerprint density at radius 2 is 1.94 bits per heavy atom. The second kappa shape index (κ2) is 5.17. The summed E-state index contributed by atoms with van der Waals surface area (Å²) in [5.74, 6) is -0.932. The topological polar surface area (TPSA) is 37.3 Å². The number of thiophene rings is 1. The van der Waals surface area contributed by atoms with E-state index in [2.05, 4.69) is 0 Å². The fourth-order valence-corrected chi connectivity index (χ4v) is 2.19. The highest BCUT2D eigenvalue weighted by atomic mass is 35.5. The van der Waals surface area contributed by atoms with Crippen LogP contribution in [0.3, 0.4) is 0 Å². The average molecular weight is 265 g/mol. The van der Waals surface area contributed by atoms with Crippen LogP contribution in [0.4, 0.5) is 0 Å². The summed E-state index contributed by atoms with van der Waals surface area (Å²) >= 11 is 7.25. The predicted octanol–water partition coefficient (Wildman–Crippen LogP) is 4.03. The van der Waals surface area contributed by atoms with Crippen molar-refractivity contribution in [1.29, 1.82) is 0 Å². The van der Waals surface area contributed by atoms with Crippen LogP contribution in [0.5, 0.6) is 0 Å². The Labute approximate surface area is 108 Å². The van der Waals surface area contributed by atoms with E-state index in [4.69, 9.17) is 11.6 Å². The number of hydrogen-bond acceptors (Lipinski definition) is 2. The van der Waals surface area contributed by atoms with Gasteiger partial charge in [-0.2, -0.15) is 11.3 Å². The number of carbonyl (C=O) groups is 1. The summed E-state index contributed by atoms with van der Waals surface area (Å²) < 4.78 is 0. The molecule has 0 radical (unpaired) electrons. The summed E-state index contributed by atoms with van der Waals surface area (Å²) in [4.78, 5) is 11.2. The molecule has 0 amide bonds. The highest BCUT2D eigenvalue weighted by Gasteiger charge is 2.10. The second-order valence-corrected chi connectivity index (χ2v) is 4.64. The van der Waals surface area contributed by atoms with Crippen LogP contribution in [0.1, 0.15) is 11.1 Å². The molecule has 2 rings (SSSR count). The SMILES string of the molecule is O=C(O)C(=Cc1ccc(Cl)cc1)c1ccsc1. The second-order valence-electron chi connectivity index (χ2n) is 3.43.